The highest BCUT2D eigenvalue weighted by atomic mass is 35.5. The molecule has 1 amide bonds. The lowest BCUT2D eigenvalue weighted by Gasteiger charge is -2.63. The van der Waals surface area contributed by atoms with Crippen LogP contribution >= 0.6 is 11.6 Å². The number of likely N-dealkylation sites (tertiary alicyclic amines) is 2. The third kappa shape index (κ3) is 4.41. The topological polar surface area (TPSA) is 93.2 Å². The second-order valence-corrected chi connectivity index (χ2v) is 13.4. The van der Waals surface area contributed by atoms with Gasteiger partial charge in [0, 0.05) is 57.4 Å². The van der Waals surface area contributed by atoms with Gasteiger partial charge in [-0.25, -0.2) is 12.7 Å². The average Bonchev–Trinajstić information content (AvgIpc) is 2.75. The van der Waals surface area contributed by atoms with Crippen molar-refractivity contribution in [3.8, 4) is 0 Å². The molecule has 1 spiro atoms. The fourth-order valence-electron chi connectivity index (χ4n) is 5.69. The molecule has 0 radical (unpaired) electrons. The van der Waals surface area contributed by atoms with Crippen molar-refractivity contribution in [2.75, 3.05) is 45.6 Å². The smallest absolute Gasteiger partial charge is 0.258 e. The van der Waals surface area contributed by atoms with Crippen LogP contribution in [-0.4, -0.2) is 85.9 Å². The third-order valence-corrected chi connectivity index (χ3v) is 10.2. The third-order valence-electron chi connectivity index (χ3n) is 7.92. The number of hydrogen-bond acceptors (Lipinski definition) is 6. The summed E-state index contributed by atoms with van der Waals surface area (Å²) < 4.78 is 25.8. The molecule has 36 heavy (non-hydrogen) atoms. The summed E-state index contributed by atoms with van der Waals surface area (Å²) >= 11 is 6.26. The molecule has 1 saturated carbocycles. The molecule has 0 aromatic heterocycles. The number of carbonyl (C=O) groups is 1. The first-order valence-corrected chi connectivity index (χ1v) is 14.0. The number of benzene rings is 2. The maximum Gasteiger partial charge on any atom is 0.258 e. The molecule has 3 aliphatic rings. The number of nitrogens with zero attached hydrogens (tertiary/aromatic N) is 3. The fraction of sp³-hybridized carbons (Fsp3) is 0.500. The van der Waals surface area contributed by atoms with E-state index in [0.29, 0.717) is 24.7 Å². The summed E-state index contributed by atoms with van der Waals surface area (Å²) in [5.74, 6) is -0.223. The van der Waals surface area contributed by atoms with Crippen LogP contribution in [0.1, 0.15) is 25.3 Å². The molecule has 2 heterocycles. The van der Waals surface area contributed by atoms with Crippen LogP contribution in [0.25, 0.3) is 0 Å². The molecule has 2 aromatic carbocycles. The van der Waals surface area contributed by atoms with E-state index in [1.54, 1.807) is 42.2 Å². The lowest BCUT2D eigenvalue weighted by Crippen LogP contribution is -2.72. The largest absolute Gasteiger partial charge is 0.380 e. The summed E-state index contributed by atoms with van der Waals surface area (Å²) in [5, 5.41) is 14.5. The van der Waals surface area contributed by atoms with Crippen LogP contribution in [0.2, 0.25) is 5.02 Å². The number of carbonyl (C=O) groups excluding carboxylic acids is 1. The summed E-state index contributed by atoms with van der Waals surface area (Å²) in [5.41, 5.74) is 0.121. The summed E-state index contributed by atoms with van der Waals surface area (Å²) in [6.45, 7) is 4.83. The number of sulfonamides is 1. The number of amides is 1. The Kier molecular flexibility index (Phi) is 6.36. The molecule has 10 heteroatoms. The number of halogens is 1. The van der Waals surface area contributed by atoms with Gasteiger partial charge in [-0.05, 0) is 43.5 Å². The molecule has 194 valence electrons. The van der Waals surface area contributed by atoms with Gasteiger partial charge in [0.15, 0.2) is 5.60 Å². The van der Waals surface area contributed by atoms with E-state index in [-0.39, 0.29) is 27.3 Å². The van der Waals surface area contributed by atoms with Crippen molar-refractivity contribution in [2.45, 2.75) is 42.3 Å². The Bertz CT molecular complexity index is 1250. The summed E-state index contributed by atoms with van der Waals surface area (Å²) in [6.07, 6.45) is 2.14. The number of nitrogens with one attached hydrogen (secondary N) is 1. The van der Waals surface area contributed by atoms with Gasteiger partial charge in [-0.2, -0.15) is 0 Å². The van der Waals surface area contributed by atoms with Crippen molar-refractivity contribution in [1.29, 1.82) is 0 Å². The van der Waals surface area contributed by atoms with Crippen LogP contribution in [-0.2, 0) is 20.4 Å². The molecule has 2 aromatic rings. The van der Waals surface area contributed by atoms with Gasteiger partial charge in [0.1, 0.15) is 4.90 Å². The number of aliphatic hydroxyl groups is 1. The maximum atomic E-state index is 12.9. The summed E-state index contributed by atoms with van der Waals surface area (Å²) in [4.78, 5) is 17.3. The highest BCUT2D eigenvalue weighted by Crippen LogP contribution is 2.51. The predicted molar refractivity (Wildman–Crippen MR) is 139 cm³/mol. The SMILES string of the molecule is CN(C)S(=O)(=O)c1ccc(NC2CN(C3CC4(C3)CN(C(=O)C(C)(O)c3ccccc3)C4)C2)cc1Cl. The first kappa shape index (κ1) is 25.5. The van der Waals surface area contributed by atoms with E-state index in [2.05, 4.69) is 10.2 Å². The molecule has 0 bridgehead atoms. The average molecular weight is 533 g/mol. The van der Waals surface area contributed by atoms with Crippen molar-refractivity contribution >= 4 is 33.2 Å². The van der Waals surface area contributed by atoms with E-state index in [1.165, 1.54) is 14.1 Å². The van der Waals surface area contributed by atoms with Crippen LogP contribution < -0.4 is 5.32 Å². The van der Waals surface area contributed by atoms with E-state index >= 15 is 0 Å². The van der Waals surface area contributed by atoms with Crippen molar-refractivity contribution < 1.29 is 18.3 Å². The van der Waals surface area contributed by atoms with Crippen molar-refractivity contribution in [1.82, 2.24) is 14.1 Å². The Morgan fingerprint density at radius 3 is 2.36 bits per heavy atom. The number of rotatable bonds is 7. The van der Waals surface area contributed by atoms with Crippen LogP contribution in [0.4, 0.5) is 5.69 Å². The Balaban J connectivity index is 1.08. The highest BCUT2D eigenvalue weighted by molar-refractivity contribution is 7.89. The molecule has 2 aliphatic heterocycles. The van der Waals surface area contributed by atoms with Gasteiger partial charge < -0.3 is 15.3 Å². The first-order chi connectivity index (χ1) is 16.9. The van der Waals surface area contributed by atoms with Gasteiger partial charge in [-0.3, -0.25) is 9.69 Å². The molecular weight excluding hydrogens is 500 g/mol. The predicted octanol–water partition coefficient (Wildman–Crippen LogP) is 2.59. The van der Waals surface area contributed by atoms with Gasteiger partial charge in [0.05, 0.1) is 11.1 Å². The molecule has 3 fully saturated rings. The Hall–Kier alpha value is -2.17. The molecular formula is C26H33ClN4O4S. The molecule has 1 unspecified atom stereocenters. The minimum Gasteiger partial charge on any atom is -0.380 e. The second kappa shape index (κ2) is 8.99. The fourth-order valence-corrected chi connectivity index (χ4v) is 7.10. The van der Waals surface area contributed by atoms with Gasteiger partial charge in [0.25, 0.3) is 5.91 Å². The van der Waals surface area contributed by atoms with E-state index in [9.17, 15) is 18.3 Å². The minimum atomic E-state index is -3.57. The lowest BCUT2D eigenvalue weighted by atomic mass is 9.59. The van der Waals surface area contributed by atoms with Crippen molar-refractivity contribution in [3.05, 3.63) is 59.1 Å². The van der Waals surface area contributed by atoms with E-state index < -0.39 is 15.6 Å². The number of hydrogen-bond donors (Lipinski definition) is 2. The van der Waals surface area contributed by atoms with Crippen LogP contribution in [0.15, 0.2) is 53.4 Å². The summed E-state index contributed by atoms with van der Waals surface area (Å²) in [6, 6.07) is 14.9. The van der Waals surface area contributed by atoms with Gasteiger partial charge in [-0.15, -0.1) is 0 Å². The summed E-state index contributed by atoms with van der Waals surface area (Å²) in [7, 11) is -0.604. The maximum absolute atomic E-state index is 12.9. The number of anilines is 1. The normalized spacial score (nSPS) is 22.0. The van der Waals surface area contributed by atoms with E-state index in [1.807, 2.05) is 18.2 Å². The van der Waals surface area contributed by atoms with Crippen LogP contribution in [0, 0.1) is 5.41 Å². The van der Waals surface area contributed by atoms with Gasteiger partial charge >= 0.3 is 0 Å². The van der Waals surface area contributed by atoms with Crippen LogP contribution in [0.3, 0.4) is 0 Å². The first-order valence-electron chi connectivity index (χ1n) is 12.2. The zero-order chi connectivity index (χ0) is 25.9. The molecule has 5 rings (SSSR count). The van der Waals surface area contributed by atoms with Crippen molar-refractivity contribution in [3.63, 3.8) is 0 Å². The monoisotopic (exact) mass is 532 g/mol. The zero-order valence-corrected chi connectivity index (χ0v) is 22.4. The van der Waals surface area contributed by atoms with Gasteiger partial charge in [0.2, 0.25) is 10.0 Å². The standard InChI is InChI=1S/C26H33ClN4O4S/c1-25(33,18-7-5-4-6-8-18)24(32)31-16-26(17-31)12-21(13-26)30-14-20(15-30)28-19-9-10-23(22(27)11-19)36(34,35)29(2)3/h4-11,20-21,28,33H,12-17H2,1-3H3. The highest BCUT2D eigenvalue weighted by Gasteiger charge is 2.57. The molecule has 1 aliphatic carbocycles. The Labute approximate surface area is 217 Å². The molecule has 2 saturated heterocycles. The quantitative estimate of drug-likeness (QED) is 0.569. The lowest BCUT2D eigenvalue weighted by molar-refractivity contribution is -0.177. The van der Waals surface area contributed by atoms with E-state index in [0.717, 1.165) is 35.9 Å². The zero-order valence-electron chi connectivity index (χ0n) is 20.8. The van der Waals surface area contributed by atoms with E-state index in [4.69, 9.17) is 11.6 Å². The molecule has 8 nitrogen and oxygen atoms in total. The Morgan fingerprint density at radius 2 is 1.78 bits per heavy atom. The minimum absolute atomic E-state index is 0.105. The molecule has 2 N–H and O–H groups in total. The van der Waals surface area contributed by atoms with Crippen LogP contribution in [0.5, 0.6) is 0 Å². The van der Waals surface area contributed by atoms with Gasteiger partial charge in [-0.1, -0.05) is 41.9 Å². The molecule has 1 atom stereocenters. The van der Waals surface area contributed by atoms with Crippen molar-refractivity contribution in [2.24, 2.45) is 5.41 Å². The second-order valence-electron chi connectivity index (χ2n) is 10.9. The Morgan fingerprint density at radius 1 is 1.14 bits per heavy atom.